The van der Waals surface area contributed by atoms with Gasteiger partial charge in [-0.15, -0.1) is 0 Å². The first kappa shape index (κ1) is 14.4. The summed E-state index contributed by atoms with van der Waals surface area (Å²) in [4.78, 5) is 30.4. The molecular weight excluding hydrogens is 270 g/mol. The van der Waals surface area contributed by atoms with Gasteiger partial charge in [0, 0.05) is 24.0 Å². The summed E-state index contributed by atoms with van der Waals surface area (Å²) in [6.07, 6.45) is 5.61. The maximum atomic E-state index is 12.0. The second-order valence-electron chi connectivity index (χ2n) is 4.27. The Kier molecular flexibility index (Phi) is 4.40. The van der Waals surface area contributed by atoms with Crippen LogP contribution in [0.1, 0.15) is 21.5 Å². The Morgan fingerprint density at radius 3 is 2.57 bits per heavy atom. The molecule has 0 aliphatic rings. The van der Waals surface area contributed by atoms with Crippen molar-refractivity contribution in [1.29, 1.82) is 0 Å². The van der Waals surface area contributed by atoms with Crippen LogP contribution < -0.4 is 5.32 Å². The van der Waals surface area contributed by atoms with Crippen LogP contribution in [0.4, 0.5) is 5.95 Å². The minimum atomic E-state index is -1.02. The van der Waals surface area contributed by atoms with Crippen LogP contribution in [0, 0.1) is 6.92 Å². The zero-order valence-corrected chi connectivity index (χ0v) is 11.3. The smallest absolute Gasteiger partial charge is 0.328 e. The normalized spacial score (nSPS) is 10.5. The van der Waals surface area contributed by atoms with E-state index in [0.29, 0.717) is 5.56 Å². The van der Waals surface area contributed by atoms with Crippen molar-refractivity contribution >= 4 is 23.9 Å². The lowest BCUT2D eigenvalue weighted by Gasteiger charge is -2.06. The van der Waals surface area contributed by atoms with E-state index in [-0.39, 0.29) is 11.9 Å². The Balaban J connectivity index is 2.16. The van der Waals surface area contributed by atoms with Crippen molar-refractivity contribution < 1.29 is 14.7 Å². The average Bonchev–Trinajstić information content (AvgIpc) is 2.46. The molecule has 1 aromatic carbocycles. The van der Waals surface area contributed by atoms with Crippen molar-refractivity contribution in [1.82, 2.24) is 9.97 Å². The molecule has 21 heavy (non-hydrogen) atoms. The second-order valence-corrected chi connectivity index (χ2v) is 4.27. The zero-order valence-electron chi connectivity index (χ0n) is 11.3. The number of carboxylic acids is 1. The number of aromatic nitrogens is 2. The van der Waals surface area contributed by atoms with Crippen LogP contribution in [-0.2, 0) is 4.79 Å². The quantitative estimate of drug-likeness (QED) is 0.839. The number of aryl methyl sites for hydroxylation is 1. The van der Waals surface area contributed by atoms with E-state index in [0.717, 1.165) is 17.2 Å². The van der Waals surface area contributed by atoms with E-state index in [1.165, 1.54) is 18.5 Å². The van der Waals surface area contributed by atoms with E-state index in [2.05, 4.69) is 15.3 Å². The van der Waals surface area contributed by atoms with Gasteiger partial charge in [-0.1, -0.05) is 6.07 Å². The Bertz CT molecular complexity index is 697. The number of hydrogen-bond acceptors (Lipinski definition) is 4. The Morgan fingerprint density at radius 2 is 1.95 bits per heavy atom. The molecule has 0 saturated heterocycles. The SMILES string of the molecule is Cc1cc(C(=O)Nc2ncccn2)ccc1/C=C/C(=O)O. The molecule has 0 atom stereocenters. The molecule has 0 unspecified atom stereocenters. The van der Waals surface area contributed by atoms with Crippen molar-refractivity contribution in [3.8, 4) is 0 Å². The van der Waals surface area contributed by atoms with Crippen molar-refractivity contribution in [2.45, 2.75) is 6.92 Å². The molecule has 2 rings (SSSR count). The number of benzene rings is 1. The number of hydrogen-bond donors (Lipinski definition) is 2. The fourth-order valence-corrected chi connectivity index (χ4v) is 1.70. The average molecular weight is 283 g/mol. The highest BCUT2D eigenvalue weighted by atomic mass is 16.4. The number of rotatable bonds is 4. The van der Waals surface area contributed by atoms with Crippen LogP contribution in [0.2, 0.25) is 0 Å². The third-order valence-electron chi connectivity index (χ3n) is 2.73. The van der Waals surface area contributed by atoms with E-state index in [4.69, 9.17) is 5.11 Å². The van der Waals surface area contributed by atoms with E-state index >= 15 is 0 Å². The highest BCUT2D eigenvalue weighted by Crippen LogP contribution is 2.14. The minimum Gasteiger partial charge on any atom is -0.478 e. The number of nitrogens with one attached hydrogen (secondary N) is 1. The van der Waals surface area contributed by atoms with E-state index in [1.54, 1.807) is 31.2 Å². The summed E-state index contributed by atoms with van der Waals surface area (Å²) >= 11 is 0. The predicted molar refractivity (Wildman–Crippen MR) is 77.8 cm³/mol. The van der Waals surface area contributed by atoms with Crippen LogP contribution in [0.3, 0.4) is 0 Å². The van der Waals surface area contributed by atoms with Gasteiger partial charge in [0.15, 0.2) is 0 Å². The van der Waals surface area contributed by atoms with Gasteiger partial charge >= 0.3 is 5.97 Å². The van der Waals surface area contributed by atoms with Crippen molar-refractivity contribution in [2.75, 3.05) is 5.32 Å². The summed E-state index contributed by atoms with van der Waals surface area (Å²) in [5.41, 5.74) is 1.99. The third-order valence-corrected chi connectivity index (χ3v) is 2.73. The van der Waals surface area contributed by atoms with Gasteiger partial charge in [-0.3, -0.25) is 10.1 Å². The molecule has 106 valence electrons. The first-order valence-corrected chi connectivity index (χ1v) is 6.16. The molecule has 1 heterocycles. The van der Waals surface area contributed by atoms with Gasteiger partial charge in [-0.2, -0.15) is 0 Å². The minimum absolute atomic E-state index is 0.231. The number of carbonyl (C=O) groups excluding carboxylic acids is 1. The molecule has 6 nitrogen and oxygen atoms in total. The molecule has 1 aromatic heterocycles. The van der Waals surface area contributed by atoms with E-state index < -0.39 is 5.97 Å². The Morgan fingerprint density at radius 1 is 1.24 bits per heavy atom. The number of carbonyl (C=O) groups is 2. The van der Waals surface area contributed by atoms with E-state index in [1.807, 2.05) is 0 Å². The molecule has 0 aliphatic carbocycles. The van der Waals surface area contributed by atoms with Crippen molar-refractivity contribution in [2.24, 2.45) is 0 Å². The van der Waals surface area contributed by atoms with E-state index in [9.17, 15) is 9.59 Å². The largest absolute Gasteiger partial charge is 0.478 e. The monoisotopic (exact) mass is 283 g/mol. The van der Waals surface area contributed by atoms with Crippen LogP contribution in [-0.4, -0.2) is 27.0 Å². The van der Waals surface area contributed by atoms with Gasteiger partial charge in [0.1, 0.15) is 0 Å². The van der Waals surface area contributed by atoms with Gasteiger partial charge in [-0.25, -0.2) is 14.8 Å². The molecule has 0 radical (unpaired) electrons. The van der Waals surface area contributed by atoms with Gasteiger partial charge in [-0.05, 0) is 42.3 Å². The standard InChI is InChI=1S/C15H13N3O3/c1-10-9-12(4-3-11(10)5-6-13(19)20)14(21)18-15-16-7-2-8-17-15/h2-9H,1H3,(H,19,20)(H,16,17,18,21)/b6-5+. The molecule has 0 fully saturated rings. The summed E-state index contributed by atoms with van der Waals surface area (Å²) in [7, 11) is 0. The van der Waals surface area contributed by atoms with Gasteiger partial charge in [0.05, 0.1) is 0 Å². The Hall–Kier alpha value is -3.02. The molecule has 0 spiro atoms. The van der Waals surface area contributed by atoms with Crippen LogP contribution in [0.5, 0.6) is 0 Å². The fraction of sp³-hybridized carbons (Fsp3) is 0.0667. The molecule has 2 aromatic rings. The zero-order chi connectivity index (χ0) is 15.2. The van der Waals surface area contributed by atoms with Crippen molar-refractivity contribution in [3.05, 3.63) is 59.4 Å². The number of aliphatic carboxylic acids is 1. The fourth-order valence-electron chi connectivity index (χ4n) is 1.70. The van der Waals surface area contributed by atoms with Gasteiger partial charge < -0.3 is 5.11 Å². The topological polar surface area (TPSA) is 92.2 Å². The van der Waals surface area contributed by atoms with Crippen molar-refractivity contribution in [3.63, 3.8) is 0 Å². The molecular formula is C15H13N3O3. The molecule has 6 heteroatoms. The lowest BCUT2D eigenvalue weighted by Crippen LogP contribution is -2.14. The predicted octanol–water partition coefficient (Wildman–Crippen LogP) is 2.14. The molecule has 2 N–H and O–H groups in total. The molecule has 0 aliphatic heterocycles. The number of carboxylic acid groups (broad SMARTS) is 1. The number of amides is 1. The van der Waals surface area contributed by atoms with Gasteiger partial charge in [0.2, 0.25) is 5.95 Å². The molecule has 1 amide bonds. The number of anilines is 1. The van der Waals surface area contributed by atoms with Crippen LogP contribution in [0.25, 0.3) is 6.08 Å². The van der Waals surface area contributed by atoms with Gasteiger partial charge in [0.25, 0.3) is 5.91 Å². The van der Waals surface area contributed by atoms with Crippen LogP contribution >= 0.6 is 0 Å². The third kappa shape index (κ3) is 3.97. The molecule has 0 saturated carbocycles. The highest BCUT2D eigenvalue weighted by molar-refractivity contribution is 6.03. The molecule has 0 bridgehead atoms. The maximum absolute atomic E-state index is 12.0. The summed E-state index contributed by atoms with van der Waals surface area (Å²) in [6.45, 7) is 1.80. The number of nitrogens with zero attached hydrogens (tertiary/aromatic N) is 2. The summed E-state index contributed by atoms with van der Waals surface area (Å²) < 4.78 is 0. The lowest BCUT2D eigenvalue weighted by molar-refractivity contribution is -0.131. The summed E-state index contributed by atoms with van der Waals surface area (Å²) in [5.74, 6) is -1.11. The van der Waals surface area contributed by atoms with Crippen LogP contribution in [0.15, 0.2) is 42.7 Å². The summed E-state index contributed by atoms with van der Waals surface area (Å²) in [6, 6.07) is 6.64. The lowest BCUT2D eigenvalue weighted by atomic mass is 10.0. The highest BCUT2D eigenvalue weighted by Gasteiger charge is 2.08. The second kappa shape index (κ2) is 6.42. The summed E-state index contributed by atoms with van der Waals surface area (Å²) in [5, 5.41) is 11.2. The Labute approximate surface area is 121 Å². The maximum Gasteiger partial charge on any atom is 0.328 e. The first-order valence-electron chi connectivity index (χ1n) is 6.16. The first-order chi connectivity index (χ1) is 10.1.